The van der Waals surface area contributed by atoms with Gasteiger partial charge < -0.3 is 20.5 Å². The number of aliphatic carboxylic acids is 1. The van der Waals surface area contributed by atoms with Gasteiger partial charge in [-0.1, -0.05) is 12.1 Å². The van der Waals surface area contributed by atoms with Crippen molar-refractivity contribution in [3.05, 3.63) is 24.3 Å². The van der Waals surface area contributed by atoms with Crippen molar-refractivity contribution in [3.8, 4) is 5.75 Å². The Labute approximate surface area is 117 Å². The standard InChI is InChI=1S/C14H18N2O4/c15-8-4-3-7-13(17)16-9-12(14(18)19)20-11-6-2-1-5-10(11)16/h1-2,5-6,12H,3-4,7-9,15H2,(H,18,19). The topological polar surface area (TPSA) is 92.9 Å². The summed E-state index contributed by atoms with van der Waals surface area (Å²) in [5, 5.41) is 9.10. The van der Waals surface area contributed by atoms with Crippen molar-refractivity contribution >= 4 is 17.6 Å². The molecule has 1 unspecified atom stereocenters. The zero-order valence-corrected chi connectivity index (χ0v) is 11.1. The molecule has 0 fully saturated rings. The second-order valence-electron chi connectivity index (χ2n) is 4.66. The summed E-state index contributed by atoms with van der Waals surface area (Å²) in [6.07, 6.45) is 0.813. The lowest BCUT2D eigenvalue weighted by atomic mass is 10.1. The van der Waals surface area contributed by atoms with Gasteiger partial charge in [-0.05, 0) is 31.5 Å². The number of ether oxygens (including phenoxy) is 1. The Bertz CT molecular complexity index is 504. The summed E-state index contributed by atoms with van der Waals surface area (Å²) in [6, 6.07) is 6.97. The van der Waals surface area contributed by atoms with Crippen LogP contribution in [-0.2, 0) is 9.59 Å². The summed E-state index contributed by atoms with van der Waals surface area (Å²) in [5.41, 5.74) is 6.04. The van der Waals surface area contributed by atoms with Gasteiger partial charge in [0.2, 0.25) is 12.0 Å². The lowest BCUT2D eigenvalue weighted by molar-refractivity contribution is -0.145. The molecule has 1 heterocycles. The van der Waals surface area contributed by atoms with E-state index in [4.69, 9.17) is 15.6 Å². The first-order chi connectivity index (χ1) is 9.63. The maximum atomic E-state index is 12.2. The zero-order chi connectivity index (χ0) is 14.5. The van der Waals surface area contributed by atoms with E-state index in [1.54, 1.807) is 24.3 Å². The molecule has 1 amide bonds. The smallest absolute Gasteiger partial charge is 0.346 e. The third-order valence-corrected chi connectivity index (χ3v) is 3.19. The molecule has 6 nitrogen and oxygen atoms in total. The number of carbonyl (C=O) groups excluding carboxylic acids is 1. The second-order valence-corrected chi connectivity index (χ2v) is 4.66. The molecule has 1 atom stereocenters. The van der Waals surface area contributed by atoms with Crippen molar-refractivity contribution < 1.29 is 19.4 Å². The van der Waals surface area contributed by atoms with Crippen molar-refractivity contribution in [1.82, 2.24) is 0 Å². The van der Waals surface area contributed by atoms with Crippen molar-refractivity contribution in [3.63, 3.8) is 0 Å². The van der Waals surface area contributed by atoms with Gasteiger partial charge >= 0.3 is 5.97 Å². The number of carbonyl (C=O) groups is 2. The molecule has 1 aliphatic rings. The average Bonchev–Trinajstić information content (AvgIpc) is 2.46. The normalized spacial score (nSPS) is 17.2. The lowest BCUT2D eigenvalue weighted by Gasteiger charge is -2.33. The summed E-state index contributed by atoms with van der Waals surface area (Å²) in [5.74, 6) is -0.738. The fourth-order valence-corrected chi connectivity index (χ4v) is 2.15. The molecular formula is C14H18N2O4. The summed E-state index contributed by atoms with van der Waals surface area (Å²) in [6.45, 7) is 0.582. The van der Waals surface area contributed by atoms with E-state index in [0.29, 0.717) is 30.8 Å². The van der Waals surface area contributed by atoms with E-state index in [2.05, 4.69) is 0 Å². The molecule has 3 N–H and O–H groups in total. The molecule has 20 heavy (non-hydrogen) atoms. The van der Waals surface area contributed by atoms with E-state index in [1.165, 1.54) is 4.90 Å². The highest BCUT2D eigenvalue weighted by atomic mass is 16.5. The first-order valence-corrected chi connectivity index (χ1v) is 6.62. The largest absolute Gasteiger partial charge is 0.478 e. The van der Waals surface area contributed by atoms with Gasteiger partial charge in [0.15, 0.2) is 0 Å². The van der Waals surface area contributed by atoms with Gasteiger partial charge in [-0.25, -0.2) is 4.79 Å². The minimum Gasteiger partial charge on any atom is -0.478 e. The number of carboxylic acids is 1. The van der Waals surface area contributed by atoms with E-state index in [1.807, 2.05) is 0 Å². The number of para-hydroxylation sites is 2. The van der Waals surface area contributed by atoms with Crippen LogP contribution < -0.4 is 15.4 Å². The second kappa shape index (κ2) is 6.38. The monoisotopic (exact) mass is 278 g/mol. The van der Waals surface area contributed by atoms with E-state index in [0.717, 1.165) is 6.42 Å². The fraction of sp³-hybridized carbons (Fsp3) is 0.429. The molecular weight excluding hydrogens is 260 g/mol. The third kappa shape index (κ3) is 3.08. The summed E-state index contributed by atoms with van der Waals surface area (Å²) >= 11 is 0. The van der Waals surface area contributed by atoms with Gasteiger partial charge in [-0.2, -0.15) is 0 Å². The lowest BCUT2D eigenvalue weighted by Crippen LogP contribution is -2.47. The van der Waals surface area contributed by atoms with Gasteiger partial charge in [0.05, 0.1) is 12.2 Å². The Kier molecular flexibility index (Phi) is 4.57. The minimum absolute atomic E-state index is 0.0355. The minimum atomic E-state index is -1.07. The Morgan fingerprint density at radius 1 is 1.35 bits per heavy atom. The van der Waals surface area contributed by atoms with Crippen LogP contribution >= 0.6 is 0 Å². The predicted octanol–water partition coefficient (Wildman–Crippen LogP) is 0.994. The Morgan fingerprint density at radius 2 is 2.10 bits per heavy atom. The van der Waals surface area contributed by atoms with Gasteiger partial charge in [-0.3, -0.25) is 4.79 Å². The van der Waals surface area contributed by atoms with Crippen LogP contribution in [-0.4, -0.2) is 36.2 Å². The maximum absolute atomic E-state index is 12.2. The molecule has 0 saturated heterocycles. The van der Waals surface area contributed by atoms with Crippen LogP contribution in [0.1, 0.15) is 19.3 Å². The zero-order valence-electron chi connectivity index (χ0n) is 11.1. The number of nitrogens with two attached hydrogens (primary N) is 1. The summed E-state index contributed by atoms with van der Waals surface area (Å²) < 4.78 is 5.39. The molecule has 6 heteroatoms. The molecule has 0 saturated carbocycles. The van der Waals surface area contributed by atoms with E-state index in [9.17, 15) is 9.59 Å². The van der Waals surface area contributed by atoms with Crippen LogP contribution in [0.3, 0.4) is 0 Å². The van der Waals surface area contributed by atoms with Crippen molar-refractivity contribution in [2.45, 2.75) is 25.4 Å². The maximum Gasteiger partial charge on any atom is 0.346 e. The van der Waals surface area contributed by atoms with Crippen molar-refractivity contribution in [2.24, 2.45) is 5.73 Å². The van der Waals surface area contributed by atoms with Crippen LogP contribution in [0.4, 0.5) is 5.69 Å². The quantitative estimate of drug-likeness (QED) is 0.784. The number of hydrogen-bond donors (Lipinski definition) is 2. The van der Waals surface area contributed by atoms with Crippen molar-refractivity contribution in [1.29, 1.82) is 0 Å². The SMILES string of the molecule is NCCCCC(=O)N1CC(C(=O)O)Oc2ccccc21. The Balaban J connectivity index is 2.18. The molecule has 0 bridgehead atoms. The van der Waals surface area contributed by atoms with Crippen LogP contribution in [0.25, 0.3) is 0 Å². The van der Waals surface area contributed by atoms with Crippen LogP contribution in [0.5, 0.6) is 5.75 Å². The first kappa shape index (κ1) is 14.3. The molecule has 0 spiro atoms. The number of hydrogen-bond acceptors (Lipinski definition) is 4. The number of carboxylic acid groups (broad SMARTS) is 1. The Morgan fingerprint density at radius 3 is 2.80 bits per heavy atom. The van der Waals surface area contributed by atoms with Crippen molar-refractivity contribution in [2.75, 3.05) is 18.0 Å². The number of unbranched alkanes of at least 4 members (excludes halogenated alkanes) is 1. The third-order valence-electron chi connectivity index (χ3n) is 3.19. The average molecular weight is 278 g/mol. The molecule has 2 rings (SSSR count). The van der Waals surface area contributed by atoms with Gasteiger partial charge in [-0.15, -0.1) is 0 Å². The number of anilines is 1. The molecule has 1 aliphatic heterocycles. The summed E-state index contributed by atoms with van der Waals surface area (Å²) in [7, 11) is 0. The number of amides is 1. The van der Waals surface area contributed by atoms with E-state index < -0.39 is 12.1 Å². The summed E-state index contributed by atoms with van der Waals surface area (Å²) in [4.78, 5) is 24.8. The molecule has 108 valence electrons. The van der Waals surface area contributed by atoms with Gasteiger partial charge in [0, 0.05) is 6.42 Å². The first-order valence-electron chi connectivity index (χ1n) is 6.62. The number of nitrogens with zero attached hydrogens (tertiary/aromatic N) is 1. The molecule has 1 aromatic carbocycles. The van der Waals surface area contributed by atoms with Crippen LogP contribution in [0.15, 0.2) is 24.3 Å². The highest BCUT2D eigenvalue weighted by Crippen LogP contribution is 2.33. The van der Waals surface area contributed by atoms with Crippen LogP contribution in [0.2, 0.25) is 0 Å². The molecule has 0 aliphatic carbocycles. The van der Waals surface area contributed by atoms with E-state index >= 15 is 0 Å². The van der Waals surface area contributed by atoms with E-state index in [-0.39, 0.29) is 12.5 Å². The predicted molar refractivity (Wildman–Crippen MR) is 73.8 cm³/mol. The fourth-order valence-electron chi connectivity index (χ4n) is 2.15. The van der Waals surface area contributed by atoms with Gasteiger partial charge in [0.1, 0.15) is 5.75 Å². The highest BCUT2D eigenvalue weighted by Gasteiger charge is 2.33. The highest BCUT2D eigenvalue weighted by molar-refractivity contribution is 5.96. The number of fused-ring (bicyclic) bond motifs is 1. The molecule has 0 aromatic heterocycles. The Hall–Kier alpha value is -2.08. The molecule has 1 aromatic rings. The van der Waals surface area contributed by atoms with Crippen LogP contribution in [0, 0.1) is 0 Å². The van der Waals surface area contributed by atoms with Gasteiger partial charge in [0.25, 0.3) is 0 Å². The number of benzene rings is 1. The number of rotatable bonds is 5. The molecule has 0 radical (unpaired) electrons.